The van der Waals surface area contributed by atoms with Gasteiger partial charge in [-0.05, 0) is 37.6 Å². The maximum Gasteiger partial charge on any atom is 0.331 e. The molecule has 170 valence electrons. The number of fused-ring (bicyclic) bond motifs is 3. The summed E-state index contributed by atoms with van der Waals surface area (Å²) in [5.74, 6) is 0.0879. The van der Waals surface area contributed by atoms with Crippen LogP contribution in [0.4, 0.5) is 0 Å². The first-order valence-corrected chi connectivity index (χ1v) is 11.0. The predicted octanol–water partition coefficient (Wildman–Crippen LogP) is 3.92. The van der Waals surface area contributed by atoms with Gasteiger partial charge in [0.2, 0.25) is 0 Å². The zero-order valence-electron chi connectivity index (χ0n) is 18.8. The Hall–Kier alpha value is -3.29. The molecule has 0 saturated heterocycles. The molecular weight excluding hydrogens is 442 g/mol. The van der Waals surface area contributed by atoms with Crippen molar-refractivity contribution in [1.82, 2.24) is 13.7 Å². The summed E-state index contributed by atoms with van der Waals surface area (Å²) in [6, 6.07) is 14.3. The Kier molecular flexibility index (Phi) is 4.81. The molecule has 2 aromatic heterocycles. The predicted molar refractivity (Wildman–Crippen MR) is 128 cm³/mol. The largest absolute Gasteiger partial charge is 0.508 e. The molecule has 0 saturated carbocycles. The molecule has 3 heterocycles. The van der Waals surface area contributed by atoms with Gasteiger partial charge in [-0.2, -0.15) is 0 Å². The van der Waals surface area contributed by atoms with Crippen LogP contribution < -0.4 is 11.2 Å². The van der Waals surface area contributed by atoms with E-state index in [0.717, 1.165) is 10.1 Å². The zero-order chi connectivity index (χ0) is 23.7. The molecule has 0 spiro atoms. The van der Waals surface area contributed by atoms with Crippen molar-refractivity contribution in [3.8, 4) is 17.0 Å². The number of benzene rings is 2. The summed E-state index contributed by atoms with van der Waals surface area (Å²) in [6.07, 6.45) is -0.666. The highest BCUT2D eigenvalue weighted by Gasteiger charge is 2.41. The van der Waals surface area contributed by atoms with Crippen molar-refractivity contribution in [2.24, 2.45) is 14.1 Å². The summed E-state index contributed by atoms with van der Waals surface area (Å²) in [6.45, 7) is 4.39. The minimum absolute atomic E-state index is 0.0879. The van der Waals surface area contributed by atoms with Crippen molar-refractivity contribution in [2.75, 3.05) is 6.61 Å². The van der Waals surface area contributed by atoms with Crippen molar-refractivity contribution < 1.29 is 9.84 Å². The lowest BCUT2D eigenvalue weighted by Gasteiger charge is -2.39. The standard InChI is InChI=1S/C25H24ClN3O4/c1-25(2)13-33-22(16-7-5-6-8-17(16)30)21-20-18(23(31)28(4)24(32)27(20)3)19(29(21)25)14-9-11-15(26)12-10-14/h5-12,22,30H,13H2,1-4H3. The van der Waals surface area contributed by atoms with E-state index in [2.05, 4.69) is 4.57 Å². The van der Waals surface area contributed by atoms with E-state index in [9.17, 15) is 14.7 Å². The van der Waals surface area contributed by atoms with E-state index in [-0.39, 0.29) is 11.3 Å². The van der Waals surface area contributed by atoms with E-state index in [1.807, 2.05) is 32.0 Å². The number of nitrogens with zero attached hydrogens (tertiary/aromatic N) is 3. The van der Waals surface area contributed by atoms with E-state index in [1.54, 1.807) is 37.4 Å². The molecule has 2 aromatic carbocycles. The van der Waals surface area contributed by atoms with E-state index < -0.39 is 17.3 Å². The minimum Gasteiger partial charge on any atom is -0.508 e. The number of hydrogen-bond acceptors (Lipinski definition) is 4. The van der Waals surface area contributed by atoms with Crippen molar-refractivity contribution in [1.29, 1.82) is 0 Å². The normalized spacial score (nSPS) is 17.3. The van der Waals surface area contributed by atoms with Crippen LogP contribution in [-0.4, -0.2) is 25.4 Å². The Morgan fingerprint density at radius 1 is 1.03 bits per heavy atom. The second kappa shape index (κ2) is 7.37. The number of aromatic hydroxyl groups is 1. The molecule has 0 aliphatic carbocycles. The zero-order valence-corrected chi connectivity index (χ0v) is 19.6. The number of halogens is 1. The maximum absolute atomic E-state index is 13.5. The number of ether oxygens (including phenoxy) is 1. The number of phenolic OH excluding ortho intramolecular Hbond substituents is 1. The number of phenols is 1. The highest BCUT2D eigenvalue weighted by atomic mass is 35.5. The van der Waals surface area contributed by atoms with Crippen LogP contribution in [0.3, 0.4) is 0 Å². The number of rotatable bonds is 2. The van der Waals surface area contributed by atoms with Crippen LogP contribution in [0.15, 0.2) is 58.1 Å². The second-order valence-corrected chi connectivity index (χ2v) is 9.50. The first-order chi connectivity index (χ1) is 15.6. The molecule has 1 N–H and O–H groups in total. The first kappa shape index (κ1) is 21.6. The number of aryl methyl sites for hydroxylation is 1. The van der Waals surface area contributed by atoms with Crippen LogP contribution in [0.1, 0.15) is 31.2 Å². The van der Waals surface area contributed by atoms with Crippen molar-refractivity contribution in [3.05, 3.63) is 85.6 Å². The summed E-state index contributed by atoms with van der Waals surface area (Å²) < 4.78 is 11.0. The van der Waals surface area contributed by atoms with E-state index >= 15 is 0 Å². The summed E-state index contributed by atoms with van der Waals surface area (Å²) in [5, 5.41) is 11.6. The third-order valence-electron chi connectivity index (χ3n) is 6.40. The summed E-state index contributed by atoms with van der Waals surface area (Å²) in [5.41, 5.74) is 1.88. The maximum atomic E-state index is 13.5. The van der Waals surface area contributed by atoms with Crippen molar-refractivity contribution in [3.63, 3.8) is 0 Å². The number of para-hydroxylation sites is 1. The third-order valence-corrected chi connectivity index (χ3v) is 6.65. The molecule has 1 aliphatic heterocycles. The lowest BCUT2D eigenvalue weighted by molar-refractivity contribution is -0.00798. The second-order valence-electron chi connectivity index (χ2n) is 9.07. The molecule has 1 aliphatic rings. The average Bonchev–Trinajstić information content (AvgIpc) is 3.15. The fourth-order valence-electron chi connectivity index (χ4n) is 4.82. The van der Waals surface area contributed by atoms with Gasteiger partial charge in [-0.15, -0.1) is 0 Å². The van der Waals surface area contributed by atoms with Gasteiger partial charge in [-0.25, -0.2) is 4.79 Å². The molecule has 0 radical (unpaired) electrons. The van der Waals surface area contributed by atoms with Gasteiger partial charge < -0.3 is 14.4 Å². The fourth-order valence-corrected chi connectivity index (χ4v) is 4.95. The Morgan fingerprint density at radius 3 is 2.36 bits per heavy atom. The van der Waals surface area contributed by atoms with E-state index in [0.29, 0.717) is 39.5 Å². The number of hydrogen-bond donors (Lipinski definition) is 1. The Morgan fingerprint density at radius 2 is 1.70 bits per heavy atom. The molecule has 0 bridgehead atoms. The first-order valence-electron chi connectivity index (χ1n) is 10.6. The quantitative estimate of drug-likeness (QED) is 0.486. The van der Waals surface area contributed by atoms with Crippen molar-refractivity contribution in [2.45, 2.75) is 25.5 Å². The summed E-state index contributed by atoms with van der Waals surface area (Å²) in [4.78, 5) is 26.5. The fraction of sp³-hybridized carbons (Fsp3) is 0.280. The smallest absolute Gasteiger partial charge is 0.331 e. The molecule has 1 unspecified atom stereocenters. The van der Waals surface area contributed by atoms with Crippen LogP contribution in [0.25, 0.3) is 22.2 Å². The molecule has 0 fully saturated rings. The lowest BCUT2D eigenvalue weighted by Crippen LogP contribution is -2.40. The molecule has 4 aromatic rings. The Labute approximate surface area is 195 Å². The highest BCUT2D eigenvalue weighted by molar-refractivity contribution is 6.30. The SMILES string of the molecule is Cn1c(=O)c2c(-c3ccc(Cl)cc3)n3c(c2n(C)c1=O)C(c1ccccc1O)OCC3(C)C. The van der Waals surface area contributed by atoms with Gasteiger partial charge in [0.15, 0.2) is 0 Å². The minimum atomic E-state index is -0.666. The van der Waals surface area contributed by atoms with E-state index in [4.69, 9.17) is 16.3 Å². The molecule has 0 amide bonds. The van der Waals surface area contributed by atoms with Crippen LogP contribution in [0.5, 0.6) is 5.75 Å². The molecule has 5 rings (SSSR count). The Bertz CT molecular complexity index is 1530. The molecule has 1 atom stereocenters. The molecule has 8 heteroatoms. The van der Waals surface area contributed by atoms with Crippen LogP contribution in [0.2, 0.25) is 5.02 Å². The van der Waals surface area contributed by atoms with Gasteiger partial charge in [-0.3, -0.25) is 13.9 Å². The van der Waals surface area contributed by atoms with Gasteiger partial charge in [0.25, 0.3) is 5.56 Å². The number of aromatic nitrogens is 3. The summed E-state index contributed by atoms with van der Waals surface area (Å²) in [7, 11) is 3.13. The topological polar surface area (TPSA) is 78.4 Å². The molecular formula is C25H24ClN3O4. The average molecular weight is 466 g/mol. The summed E-state index contributed by atoms with van der Waals surface area (Å²) >= 11 is 6.15. The van der Waals surface area contributed by atoms with E-state index in [1.165, 1.54) is 11.6 Å². The Balaban J connectivity index is 2.03. The van der Waals surface area contributed by atoms with Crippen LogP contribution in [-0.2, 0) is 24.4 Å². The van der Waals surface area contributed by atoms with Gasteiger partial charge >= 0.3 is 5.69 Å². The monoisotopic (exact) mass is 465 g/mol. The molecule has 7 nitrogen and oxygen atoms in total. The van der Waals surface area contributed by atoms with Gasteiger partial charge in [0, 0.05) is 24.7 Å². The molecule has 33 heavy (non-hydrogen) atoms. The van der Waals surface area contributed by atoms with Crippen molar-refractivity contribution >= 4 is 22.5 Å². The highest BCUT2D eigenvalue weighted by Crippen LogP contribution is 2.46. The van der Waals surface area contributed by atoms with Gasteiger partial charge in [0.1, 0.15) is 11.9 Å². The van der Waals surface area contributed by atoms with Gasteiger partial charge in [-0.1, -0.05) is 41.9 Å². The third kappa shape index (κ3) is 3.07. The van der Waals surface area contributed by atoms with Crippen LogP contribution >= 0.6 is 11.6 Å². The van der Waals surface area contributed by atoms with Gasteiger partial charge in [0.05, 0.1) is 34.4 Å². The lowest BCUT2D eigenvalue weighted by atomic mass is 9.97. The van der Waals surface area contributed by atoms with Crippen LogP contribution in [0, 0.1) is 0 Å².